The first-order valence-electron chi connectivity index (χ1n) is 5.87. The molecule has 0 aliphatic heterocycles. The van der Waals surface area contributed by atoms with E-state index in [0.717, 1.165) is 11.4 Å². The fourth-order valence-corrected chi connectivity index (χ4v) is 1.88. The van der Waals surface area contributed by atoms with Crippen molar-refractivity contribution in [1.29, 1.82) is 5.26 Å². The van der Waals surface area contributed by atoms with Crippen molar-refractivity contribution in [2.24, 2.45) is 5.84 Å². The Labute approximate surface area is 112 Å². The average Bonchev–Trinajstić information content (AvgIpc) is 2.47. The minimum Gasteiger partial charge on any atom is -0.368 e. The molecule has 0 radical (unpaired) electrons. The van der Waals surface area contributed by atoms with Crippen LogP contribution in [0.3, 0.4) is 0 Å². The van der Waals surface area contributed by atoms with Gasteiger partial charge in [0.2, 0.25) is 0 Å². The van der Waals surface area contributed by atoms with Gasteiger partial charge in [0.15, 0.2) is 0 Å². The number of nitriles is 1. The third-order valence-electron chi connectivity index (χ3n) is 2.79. The summed E-state index contributed by atoms with van der Waals surface area (Å²) in [6, 6.07) is 15.3. The third kappa shape index (κ3) is 3.00. The average molecular weight is 253 g/mol. The first kappa shape index (κ1) is 12.9. The van der Waals surface area contributed by atoms with Crippen molar-refractivity contribution in [2.45, 2.75) is 6.54 Å². The molecule has 0 amide bonds. The van der Waals surface area contributed by atoms with Crippen LogP contribution < -0.4 is 16.2 Å². The number of rotatable bonds is 4. The molecule has 0 aliphatic rings. The predicted octanol–water partition coefficient (Wildman–Crippen LogP) is 1.88. The number of nitrogens with two attached hydrogens (primary N) is 1. The van der Waals surface area contributed by atoms with E-state index >= 15 is 0 Å². The Morgan fingerprint density at radius 2 is 2.05 bits per heavy atom. The van der Waals surface area contributed by atoms with Gasteiger partial charge in [-0.05, 0) is 24.3 Å². The molecule has 19 heavy (non-hydrogen) atoms. The van der Waals surface area contributed by atoms with Gasteiger partial charge in [0.25, 0.3) is 0 Å². The first-order chi connectivity index (χ1) is 9.24. The highest BCUT2D eigenvalue weighted by molar-refractivity contribution is 5.58. The second-order valence-corrected chi connectivity index (χ2v) is 4.14. The molecule has 1 aromatic heterocycles. The van der Waals surface area contributed by atoms with E-state index < -0.39 is 0 Å². The van der Waals surface area contributed by atoms with E-state index in [4.69, 9.17) is 11.1 Å². The van der Waals surface area contributed by atoms with Crippen LogP contribution in [0.4, 0.5) is 11.5 Å². The summed E-state index contributed by atoms with van der Waals surface area (Å²) < 4.78 is 0. The van der Waals surface area contributed by atoms with Crippen LogP contribution in [0.5, 0.6) is 0 Å². The minimum atomic E-state index is 0.605. The summed E-state index contributed by atoms with van der Waals surface area (Å²) in [5.74, 6) is 5.96. The zero-order chi connectivity index (χ0) is 13.7. The molecule has 0 aliphatic carbocycles. The maximum Gasteiger partial charge on any atom is 0.140 e. The van der Waals surface area contributed by atoms with Gasteiger partial charge in [-0.3, -0.25) is 0 Å². The molecule has 96 valence electrons. The highest BCUT2D eigenvalue weighted by Crippen LogP contribution is 2.19. The molecule has 0 spiro atoms. The molecule has 0 unspecified atom stereocenters. The van der Waals surface area contributed by atoms with Crippen molar-refractivity contribution in [3.05, 3.63) is 53.7 Å². The van der Waals surface area contributed by atoms with Crippen LogP contribution in [0.25, 0.3) is 0 Å². The standard InChI is InChI=1S/C14H15N5/c1-19(13-7-3-2-5-11(13)9-15)10-12-6-4-8-14(17-12)18-16/h2-8H,10,16H2,1H3,(H,17,18). The third-order valence-corrected chi connectivity index (χ3v) is 2.79. The van der Waals surface area contributed by atoms with Crippen molar-refractivity contribution < 1.29 is 0 Å². The van der Waals surface area contributed by atoms with Gasteiger partial charge in [-0.15, -0.1) is 0 Å². The molecular weight excluding hydrogens is 238 g/mol. The Bertz CT molecular complexity index is 603. The van der Waals surface area contributed by atoms with Crippen LogP contribution in [-0.2, 0) is 6.54 Å². The summed E-state index contributed by atoms with van der Waals surface area (Å²) in [6.45, 7) is 0.605. The number of pyridine rings is 1. The fourth-order valence-electron chi connectivity index (χ4n) is 1.88. The lowest BCUT2D eigenvalue weighted by Gasteiger charge is -2.20. The van der Waals surface area contributed by atoms with E-state index in [1.807, 2.05) is 42.3 Å². The molecule has 2 rings (SSSR count). The second kappa shape index (κ2) is 5.85. The lowest BCUT2D eigenvalue weighted by atomic mass is 10.2. The second-order valence-electron chi connectivity index (χ2n) is 4.14. The largest absolute Gasteiger partial charge is 0.368 e. The molecule has 0 saturated carbocycles. The lowest BCUT2D eigenvalue weighted by Crippen LogP contribution is -2.19. The molecule has 5 heteroatoms. The molecule has 0 atom stereocenters. The topological polar surface area (TPSA) is 78.0 Å². The normalized spacial score (nSPS) is 9.74. The number of anilines is 2. The van der Waals surface area contributed by atoms with Crippen LogP contribution in [-0.4, -0.2) is 12.0 Å². The van der Waals surface area contributed by atoms with Gasteiger partial charge in [-0.1, -0.05) is 18.2 Å². The van der Waals surface area contributed by atoms with Gasteiger partial charge in [-0.25, -0.2) is 10.8 Å². The van der Waals surface area contributed by atoms with Crippen LogP contribution >= 0.6 is 0 Å². The summed E-state index contributed by atoms with van der Waals surface area (Å²) in [4.78, 5) is 6.34. The quantitative estimate of drug-likeness (QED) is 0.642. The number of hydrogen-bond acceptors (Lipinski definition) is 5. The van der Waals surface area contributed by atoms with Crippen molar-refractivity contribution in [1.82, 2.24) is 4.98 Å². The number of nitrogens with zero attached hydrogens (tertiary/aromatic N) is 3. The number of hydrogen-bond donors (Lipinski definition) is 2. The van der Waals surface area contributed by atoms with E-state index in [0.29, 0.717) is 17.9 Å². The Morgan fingerprint density at radius 1 is 1.26 bits per heavy atom. The fraction of sp³-hybridized carbons (Fsp3) is 0.143. The first-order valence-corrected chi connectivity index (χ1v) is 5.87. The molecular formula is C14H15N5. The number of aromatic nitrogens is 1. The van der Waals surface area contributed by atoms with E-state index in [9.17, 15) is 0 Å². The molecule has 0 fully saturated rings. The highest BCUT2D eigenvalue weighted by Gasteiger charge is 2.08. The Balaban J connectivity index is 2.21. The van der Waals surface area contributed by atoms with Crippen molar-refractivity contribution >= 4 is 11.5 Å². The molecule has 2 aromatic rings. The van der Waals surface area contributed by atoms with Gasteiger partial charge in [0, 0.05) is 7.05 Å². The SMILES string of the molecule is CN(Cc1cccc(NN)n1)c1ccccc1C#N. The summed E-state index contributed by atoms with van der Waals surface area (Å²) in [6.07, 6.45) is 0. The summed E-state index contributed by atoms with van der Waals surface area (Å²) in [5, 5.41) is 9.10. The Hall–Kier alpha value is -2.58. The monoisotopic (exact) mass is 253 g/mol. The van der Waals surface area contributed by atoms with Crippen molar-refractivity contribution in [3.63, 3.8) is 0 Å². The van der Waals surface area contributed by atoms with Gasteiger partial charge in [-0.2, -0.15) is 5.26 Å². The number of benzene rings is 1. The van der Waals surface area contributed by atoms with Crippen LogP contribution in [0.1, 0.15) is 11.3 Å². The predicted molar refractivity (Wildman–Crippen MR) is 75.3 cm³/mol. The van der Waals surface area contributed by atoms with Crippen LogP contribution in [0.15, 0.2) is 42.5 Å². The van der Waals surface area contributed by atoms with Gasteiger partial charge in [0.05, 0.1) is 23.5 Å². The van der Waals surface area contributed by atoms with E-state index in [1.165, 1.54) is 0 Å². The van der Waals surface area contributed by atoms with E-state index in [2.05, 4.69) is 16.5 Å². The molecule has 3 N–H and O–H groups in total. The van der Waals surface area contributed by atoms with E-state index in [1.54, 1.807) is 12.1 Å². The summed E-state index contributed by atoms with van der Waals surface area (Å²) in [5.41, 5.74) is 4.94. The Morgan fingerprint density at radius 3 is 2.79 bits per heavy atom. The maximum absolute atomic E-state index is 9.10. The summed E-state index contributed by atoms with van der Waals surface area (Å²) >= 11 is 0. The maximum atomic E-state index is 9.10. The summed E-state index contributed by atoms with van der Waals surface area (Å²) in [7, 11) is 1.93. The smallest absolute Gasteiger partial charge is 0.140 e. The molecule has 1 heterocycles. The minimum absolute atomic E-state index is 0.605. The van der Waals surface area contributed by atoms with Crippen LogP contribution in [0.2, 0.25) is 0 Å². The molecule has 0 saturated heterocycles. The molecule has 1 aromatic carbocycles. The van der Waals surface area contributed by atoms with Crippen molar-refractivity contribution in [2.75, 3.05) is 17.4 Å². The molecule has 5 nitrogen and oxygen atoms in total. The van der Waals surface area contributed by atoms with Gasteiger partial charge >= 0.3 is 0 Å². The zero-order valence-corrected chi connectivity index (χ0v) is 10.7. The van der Waals surface area contributed by atoms with Crippen LogP contribution in [0, 0.1) is 11.3 Å². The number of para-hydroxylation sites is 1. The Kier molecular flexibility index (Phi) is 3.96. The molecule has 0 bridgehead atoms. The number of nitrogens with one attached hydrogen (secondary N) is 1. The number of hydrazine groups is 1. The van der Waals surface area contributed by atoms with Crippen molar-refractivity contribution in [3.8, 4) is 6.07 Å². The van der Waals surface area contributed by atoms with Gasteiger partial charge < -0.3 is 10.3 Å². The zero-order valence-electron chi connectivity index (χ0n) is 10.7. The number of nitrogen functional groups attached to an aromatic ring is 1. The van der Waals surface area contributed by atoms with E-state index in [-0.39, 0.29) is 0 Å². The highest BCUT2D eigenvalue weighted by atomic mass is 15.3. The lowest BCUT2D eigenvalue weighted by molar-refractivity contribution is 0.883. The van der Waals surface area contributed by atoms with Gasteiger partial charge in [0.1, 0.15) is 11.9 Å².